The minimum absolute atomic E-state index is 0.121. The number of aromatic nitrogens is 2. The normalized spacial score (nSPS) is 24.9. The van der Waals surface area contributed by atoms with Gasteiger partial charge >= 0.3 is 0 Å². The van der Waals surface area contributed by atoms with Crippen molar-refractivity contribution >= 4 is 0 Å². The Morgan fingerprint density at radius 1 is 1.14 bits per heavy atom. The van der Waals surface area contributed by atoms with Crippen molar-refractivity contribution in [2.75, 3.05) is 7.11 Å². The maximum Gasteiger partial charge on any atom is 0.243 e. The minimum atomic E-state index is -0.355. The molecule has 1 aromatic rings. The first-order chi connectivity index (χ1) is 10.2. The number of nitrogens with two attached hydrogens (primary N) is 1. The summed E-state index contributed by atoms with van der Waals surface area (Å²) >= 11 is 0. The summed E-state index contributed by atoms with van der Waals surface area (Å²) in [6, 6.07) is -0.121. The van der Waals surface area contributed by atoms with Crippen molar-refractivity contribution in [3.05, 3.63) is 11.7 Å². The quantitative estimate of drug-likeness (QED) is 0.920. The Balaban J connectivity index is 1.75. The fourth-order valence-corrected chi connectivity index (χ4v) is 3.89. The number of nitrogens with zero attached hydrogens (tertiary/aromatic N) is 2. The Labute approximate surface area is 126 Å². The zero-order chi connectivity index (χ0) is 14.7. The molecule has 2 fully saturated rings. The van der Waals surface area contributed by atoms with Gasteiger partial charge in [0.05, 0.1) is 6.04 Å². The molecule has 118 valence electrons. The van der Waals surface area contributed by atoms with Crippen LogP contribution in [0.2, 0.25) is 0 Å². The first-order valence-electron chi connectivity index (χ1n) is 8.40. The number of hydrogen-bond acceptors (Lipinski definition) is 5. The summed E-state index contributed by atoms with van der Waals surface area (Å²) in [5.74, 6) is 1.78. The molecule has 0 saturated heterocycles. The molecule has 2 N–H and O–H groups in total. The molecule has 5 heteroatoms. The Kier molecular flexibility index (Phi) is 4.60. The van der Waals surface area contributed by atoms with E-state index in [1.807, 2.05) is 0 Å². The van der Waals surface area contributed by atoms with E-state index in [0.717, 1.165) is 25.7 Å². The van der Waals surface area contributed by atoms with E-state index in [1.54, 1.807) is 7.11 Å². The summed E-state index contributed by atoms with van der Waals surface area (Å²) in [6.45, 7) is 0. The molecule has 0 aromatic carbocycles. The number of methoxy groups -OCH3 is 1. The van der Waals surface area contributed by atoms with Crippen molar-refractivity contribution in [2.24, 2.45) is 11.7 Å². The largest absolute Gasteiger partial charge is 0.370 e. The second kappa shape index (κ2) is 6.44. The maximum absolute atomic E-state index is 6.36. The van der Waals surface area contributed by atoms with Gasteiger partial charge in [0, 0.05) is 7.11 Å². The third-order valence-electron chi connectivity index (χ3n) is 5.34. The zero-order valence-electron chi connectivity index (χ0n) is 13.0. The van der Waals surface area contributed by atoms with E-state index in [2.05, 4.69) is 10.1 Å². The minimum Gasteiger partial charge on any atom is -0.370 e. The summed E-state index contributed by atoms with van der Waals surface area (Å²) in [6.07, 6.45) is 11.7. The molecule has 1 unspecified atom stereocenters. The molecule has 0 amide bonds. The Morgan fingerprint density at radius 3 is 2.48 bits per heavy atom. The van der Waals surface area contributed by atoms with Crippen LogP contribution in [0.3, 0.4) is 0 Å². The summed E-state index contributed by atoms with van der Waals surface area (Å²) < 4.78 is 11.3. The van der Waals surface area contributed by atoms with E-state index in [0.29, 0.717) is 17.6 Å². The second-order valence-electron chi connectivity index (χ2n) is 6.64. The highest BCUT2D eigenvalue weighted by Gasteiger charge is 2.39. The average molecular weight is 293 g/mol. The molecule has 1 heterocycles. The Hall–Kier alpha value is -0.940. The lowest BCUT2D eigenvalue weighted by molar-refractivity contribution is -0.0527. The van der Waals surface area contributed by atoms with Crippen molar-refractivity contribution in [3.8, 4) is 0 Å². The SMILES string of the molecule is COC1(c2noc(C(N)C3CCCCC3)n2)CCCCC1. The van der Waals surface area contributed by atoms with E-state index in [-0.39, 0.29) is 11.6 Å². The van der Waals surface area contributed by atoms with E-state index in [4.69, 9.17) is 15.0 Å². The Bertz CT molecular complexity index is 448. The molecule has 2 saturated carbocycles. The van der Waals surface area contributed by atoms with Crippen molar-refractivity contribution in [2.45, 2.75) is 75.9 Å². The summed E-state index contributed by atoms with van der Waals surface area (Å²) in [7, 11) is 1.75. The van der Waals surface area contributed by atoms with E-state index in [9.17, 15) is 0 Å². The molecule has 0 spiro atoms. The number of hydrogen-bond donors (Lipinski definition) is 1. The fourth-order valence-electron chi connectivity index (χ4n) is 3.89. The molecular formula is C16H27N3O2. The standard InChI is InChI=1S/C16H27N3O2/c1-20-16(10-6-3-7-11-16)15-18-14(21-19-15)13(17)12-8-4-2-5-9-12/h12-13H,2-11,17H2,1H3. The predicted molar refractivity (Wildman–Crippen MR) is 79.6 cm³/mol. The topological polar surface area (TPSA) is 74.2 Å². The molecule has 1 atom stereocenters. The van der Waals surface area contributed by atoms with Crippen LogP contribution in [0, 0.1) is 5.92 Å². The molecule has 0 radical (unpaired) electrons. The van der Waals surface area contributed by atoms with Crippen molar-refractivity contribution in [1.82, 2.24) is 10.1 Å². The van der Waals surface area contributed by atoms with Gasteiger partial charge in [-0.05, 0) is 31.6 Å². The van der Waals surface area contributed by atoms with E-state index < -0.39 is 0 Å². The van der Waals surface area contributed by atoms with Gasteiger partial charge in [-0.1, -0.05) is 43.7 Å². The van der Waals surface area contributed by atoms with Crippen LogP contribution in [0.15, 0.2) is 4.52 Å². The highest BCUT2D eigenvalue weighted by molar-refractivity contribution is 5.05. The first-order valence-corrected chi connectivity index (χ1v) is 8.40. The van der Waals surface area contributed by atoms with Crippen LogP contribution >= 0.6 is 0 Å². The zero-order valence-corrected chi connectivity index (χ0v) is 13.0. The predicted octanol–water partition coefficient (Wildman–Crippen LogP) is 3.46. The van der Waals surface area contributed by atoms with Gasteiger partial charge in [-0.3, -0.25) is 0 Å². The van der Waals surface area contributed by atoms with E-state index in [1.165, 1.54) is 38.5 Å². The van der Waals surface area contributed by atoms with Crippen LogP contribution in [0.25, 0.3) is 0 Å². The van der Waals surface area contributed by atoms with Gasteiger partial charge in [0.1, 0.15) is 5.60 Å². The molecule has 0 bridgehead atoms. The highest BCUT2D eigenvalue weighted by atomic mass is 16.5. The average Bonchev–Trinajstić information content (AvgIpc) is 3.06. The van der Waals surface area contributed by atoms with Crippen LogP contribution in [0.5, 0.6) is 0 Å². The molecule has 1 aromatic heterocycles. The van der Waals surface area contributed by atoms with Gasteiger partial charge in [0.25, 0.3) is 0 Å². The van der Waals surface area contributed by atoms with Gasteiger partial charge in [0.2, 0.25) is 11.7 Å². The summed E-state index contributed by atoms with van der Waals surface area (Å²) in [4.78, 5) is 4.62. The van der Waals surface area contributed by atoms with Crippen LogP contribution in [0.1, 0.15) is 82.0 Å². The van der Waals surface area contributed by atoms with Crippen LogP contribution in [-0.4, -0.2) is 17.3 Å². The lowest BCUT2D eigenvalue weighted by atomic mass is 9.83. The lowest BCUT2D eigenvalue weighted by Crippen LogP contribution is -2.32. The molecule has 2 aliphatic carbocycles. The van der Waals surface area contributed by atoms with Crippen LogP contribution in [0.4, 0.5) is 0 Å². The van der Waals surface area contributed by atoms with Gasteiger partial charge in [0.15, 0.2) is 0 Å². The Morgan fingerprint density at radius 2 is 1.81 bits per heavy atom. The lowest BCUT2D eigenvalue weighted by Gasteiger charge is -2.32. The molecular weight excluding hydrogens is 266 g/mol. The fraction of sp³-hybridized carbons (Fsp3) is 0.875. The van der Waals surface area contributed by atoms with Gasteiger partial charge in [-0.25, -0.2) is 0 Å². The molecule has 5 nitrogen and oxygen atoms in total. The number of rotatable bonds is 4. The second-order valence-corrected chi connectivity index (χ2v) is 6.64. The third-order valence-corrected chi connectivity index (χ3v) is 5.34. The summed E-state index contributed by atoms with van der Waals surface area (Å²) in [5.41, 5.74) is 6.01. The van der Waals surface area contributed by atoms with Crippen LogP contribution < -0.4 is 5.73 Å². The van der Waals surface area contributed by atoms with Gasteiger partial charge in [-0.15, -0.1) is 0 Å². The van der Waals surface area contributed by atoms with E-state index >= 15 is 0 Å². The van der Waals surface area contributed by atoms with Crippen LogP contribution in [-0.2, 0) is 10.3 Å². The number of ether oxygens (including phenoxy) is 1. The van der Waals surface area contributed by atoms with Crippen molar-refractivity contribution in [1.29, 1.82) is 0 Å². The monoisotopic (exact) mass is 293 g/mol. The van der Waals surface area contributed by atoms with Gasteiger partial charge in [-0.2, -0.15) is 4.98 Å². The van der Waals surface area contributed by atoms with Gasteiger partial charge < -0.3 is 15.0 Å². The first kappa shape index (κ1) is 15.0. The molecule has 2 aliphatic rings. The third kappa shape index (κ3) is 2.99. The summed E-state index contributed by atoms with van der Waals surface area (Å²) in [5, 5.41) is 4.21. The molecule has 21 heavy (non-hydrogen) atoms. The smallest absolute Gasteiger partial charge is 0.243 e. The molecule has 0 aliphatic heterocycles. The maximum atomic E-state index is 6.36. The molecule has 3 rings (SSSR count). The highest BCUT2D eigenvalue weighted by Crippen LogP contribution is 2.39. The van der Waals surface area contributed by atoms with Crippen molar-refractivity contribution in [3.63, 3.8) is 0 Å². The van der Waals surface area contributed by atoms with Crippen molar-refractivity contribution < 1.29 is 9.26 Å².